The first kappa shape index (κ1) is 25.7. The summed E-state index contributed by atoms with van der Waals surface area (Å²) in [6, 6.07) is 18.2. The van der Waals surface area contributed by atoms with Crippen LogP contribution >= 0.6 is 0 Å². The van der Waals surface area contributed by atoms with E-state index >= 15 is 0 Å². The lowest BCUT2D eigenvalue weighted by atomic mass is 10.0. The maximum absolute atomic E-state index is 13.0. The van der Waals surface area contributed by atoms with E-state index < -0.39 is 11.9 Å². The molecule has 0 radical (unpaired) electrons. The van der Waals surface area contributed by atoms with Crippen molar-refractivity contribution in [1.82, 2.24) is 4.98 Å². The SMILES string of the molecule is COC[C@H](C)Oc1cc(OC[C@@H](C)c2ccccc2)cc(C(=O)Nc2ccc(C(=O)OC)cn2)c1. The number of nitrogens with one attached hydrogen (secondary N) is 1. The van der Waals surface area contributed by atoms with Crippen LogP contribution in [-0.2, 0) is 9.47 Å². The van der Waals surface area contributed by atoms with Crippen LogP contribution in [0.25, 0.3) is 0 Å². The summed E-state index contributed by atoms with van der Waals surface area (Å²) >= 11 is 0. The number of pyridine rings is 1. The van der Waals surface area contributed by atoms with Gasteiger partial charge in [0.05, 0.1) is 25.9 Å². The third kappa shape index (κ3) is 7.55. The zero-order chi connectivity index (χ0) is 25.2. The number of amides is 1. The Morgan fingerprint density at radius 2 is 1.66 bits per heavy atom. The van der Waals surface area contributed by atoms with Gasteiger partial charge >= 0.3 is 5.97 Å². The van der Waals surface area contributed by atoms with E-state index in [2.05, 4.69) is 34.1 Å². The summed E-state index contributed by atoms with van der Waals surface area (Å²) in [7, 11) is 2.89. The molecular formula is C27H30N2O6. The zero-order valence-electron chi connectivity index (χ0n) is 20.3. The summed E-state index contributed by atoms with van der Waals surface area (Å²) in [5.74, 6) is 0.545. The number of nitrogens with zero attached hydrogens (tertiary/aromatic N) is 1. The maximum atomic E-state index is 13.0. The maximum Gasteiger partial charge on any atom is 0.339 e. The van der Waals surface area contributed by atoms with E-state index in [1.807, 2.05) is 25.1 Å². The topological polar surface area (TPSA) is 96.0 Å². The molecule has 0 aliphatic carbocycles. The summed E-state index contributed by atoms with van der Waals surface area (Å²) in [4.78, 5) is 28.7. The minimum Gasteiger partial charge on any atom is -0.493 e. The highest BCUT2D eigenvalue weighted by Crippen LogP contribution is 2.26. The number of carbonyl (C=O) groups is 2. The van der Waals surface area contributed by atoms with Crippen molar-refractivity contribution in [2.45, 2.75) is 25.9 Å². The van der Waals surface area contributed by atoms with Crippen LogP contribution in [0.5, 0.6) is 11.5 Å². The minimum atomic E-state index is -0.503. The minimum absolute atomic E-state index is 0.156. The van der Waals surface area contributed by atoms with Gasteiger partial charge in [-0.15, -0.1) is 0 Å². The third-order valence-corrected chi connectivity index (χ3v) is 5.18. The van der Waals surface area contributed by atoms with E-state index in [1.54, 1.807) is 25.3 Å². The molecular weight excluding hydrogens is 448 g/mol. The molecule has 2 atom stereocenters. The molecule has 0 saturated heterocycles. The van der Waals surface area contributed by atoms with Gasteiger partial charge in [-0.2, -0.15) is 0 Å². The van der Waals surface area contributed by atoms with E-state index in [4.69, 9.17) is 14.2 Å². The molecule has 184 valence electrons. The molecule has 1 N–H and O–H groups in total. The highest BCUT2D eigenvalue weighted by molar-refractivity contribution is 6.04. The molecule has 0 saturated carbocycles. The quantitative estimate of drug-likeness (QED) is 0.399. The summed E-state index contributed by atoms with van der Waals surface area (Å²) < 4.78 is 21.8. The first-order chi connectivity index (χ1) is 16.9. The van der Waals surface area contributed by atoms with Gasteiger partial charge in [-0.1, -0.05) is 37.3 Å². The summed E-state index contributed by atoms with van der Waals surface area (Å²) in [6.45, 7) is 4.78. The first-order valence-electron chi connectivity index (χ1n) is 11.2. The predicted octanol–water partition coefficient (Wildman–Crippen LogP) is 4.72. The standard InChI is InChI=1S/C27H30N2O6/c1-18(20-8-6-5-7-9-20)16-34-23-12-22(13-24(14-23)35-19(2)17-32-3)26(30)29-25-11-10-21(15-28-25)27(31)33-4/h5-15,18-19H,16-17H2,1-4H3,(H,28,29,30)/t18-,19+/m1/s1. The Bertz CT molecular complexity index is 1120. The molecule has 0 spiro atoms. The van der Waals surface area contributed by atoms with Crippen LogP contribution < -0.4 is 14.8 Å². The van der Waals surface area contributed by atoms with Gasteiger partial charge in [0, 0.05) is 30.9 Å². The van der Waals surface area contributed by atoms with E-state index in [0.29, 0.717) is 36.1 Å². The Balaban J connectivity index is 1.77. The molecule has 8 heteroatoms. The molecule has 1 heterocycles. The second-order valence-electron chi connectivity index (χ2n) is 8.08. The van der Waals surface area contributed by atoms with Crippen LogP contribution in [-0.4, -0.2) is 50.4 Å². The lowest BCUT2D eigenvalue weighted by molar-refractivity contribution is 0.0600. The molecule has 3 rings (SSSR count). The van der Waals surface area contributed by atoms with E-state index in [9.17, 15) is 9.59 Å². The number of esters is 1. The van der Waals surface area contributed by atoms with Gasteiger partial charge < -0.3 is 24.3 Å². The van der Waals surface area contributed by atoms with Crippen molar-refractivity contribution >= 4 is 17.7 Å². The van der Waals surface area contributed by atoms with Gasteiger partial charge in [0.1, 0.15) is 23.4 Å². The number of methoxy groups -OCH3 is 2. The van der Waals surface area contributed by atoms with Crippen LogP contribution in [0.1, 0.15) is 46.0 Å². The fourth-order valence-corrected chi connectivity index (χ4v) is 3.35. The van der Waals surface area contributed by atoms with Crippen molar-refractivity contribution in [3.63, 3.8) is 0 Å². The highest BCUT2D eigenvalue weighted by Gasteiger charge is 2.15. The lowest BCUT2D eigenvalue weighted by Crippen LogP contribution is -2.19. The Labute approximate surface area is 205 Å². The van der Waals surface area contributed by atoms with Crippen molar-refractivity contribution in [1.29, 1.82) is 0 Å². The molecule has 35 heavy (non-hydrogen) atoms. The molecule has 2 aromatic carbocycles. The predicted molar refractivity (Wildman–Crippen MR) is 132 cm³/mol. The number of benzene rings is 2. The van der Waals surface area contributed by atoms with E-state index in [0.717, 1.165) is 5.56 Å². The van der Waals surface area contributed by atoms with Gasteiger partial charge in [-0.05, 0) is 36.8 Å². The Morgan fingerprint density at radius 3 is 2.31 bits per heavy atom. The number of rotatable bonds is 11. The molecule has 0 unspecified atom stereocenters. The number of anilines is 1. The van der Waals surface area contributed by atoms with Gasteiger partial charge in [0.15, 0.2) is 0 Å². The summed E-state index contributed by atoms with van der Waals surface area (Å²) in [6.07, 6.45) is 1.12. The molecule has 0 bridgehead atoms. The van der Waals surface area contributed by atoms with Crippen LogP contribution in [0.2, 0.25) is 0 Å². The monoisotopic (exact) mass is 478 g/mol. The fourth-order valence-electron chi connectivity index (χ4n) is 3.35. The average molecular weight is 479 g/mol. The number of hydrogen-bond donors (Lipinski definition) is 1. The van der Waals surface area contributed by atoms with Gasteiger partial charge in [0.25, 0.3) is 5.91 Å². The molecule has 3 aromatic rings. The molecule has 1 aromatic heterocycles. The number of aromatic nitrogens is 1. The summed E-state index contributed by atoms with van der Waals surface area (Å²) in [5.41, 5.74) is 1.79. The molecule has 0 fully saturated rings. The molecule has 0 aliphatic heterocycles. The number of carbonyl (C=O) groups excluding carboxylic acids is 2. The largest absolute Gasteiger partial charge is 0.493 e. The number of hydrogen-bond acceptors (Lipinski definition) is 7. The van der Waals surface area contributed by atoms with E-state index in [-0.39, 0.29) is 17.6 Å². The van der Waals surface area contributed by atoms with Crippen LogP contribution in [0.15, 0.2) is 66.9 Å². The van der Waals surface area contributed by atoms with Crippen LogP contribution in [0.3, 0.4) is 0 Å². The van der Waals surface area contributed by atoms with Gasteiger partial charge in [0.2, 0.25) is 0 Å². The van der Waals surface area contributed by atoms with Gasteiger partial charge in [-0.3, -0.25) is 4.79 Å². The second kappa shape index (κ2) is 12.5. The van der Waals surface area contributed by atoms with Gasteiger partial charge in [-0.25, -0.2) is 9.78 Å². The van der Waals surface area contributed by atoms with Crippen molar-refractivity contribution in [3.05, 3.63) is 83.6 Å². The molecule has 8 nitrogen and oxygen atoms in total. The van der Waals surface area contributed by atoms with Crippen LogP contribution in [0, 0.1) is 0 Å². The molecule has 0 aliphatic rings. The van der Waals surface area contributed by atoms with Crippen molar-refractivity contribution in [2.75, 3.05) is 32.8 Å². The fraction of sp³-hybridized carbons (Fsp3) is 0.296. The van der Waals surface area contributed by atoms with Crippen molar-refractivity contribution < 1.29 is 28.5 Å². The van der Waals surface area contributed by atoms with Crippen molar-refractivity contribution in [3.8, 4) is 11.5 Å². The van der Waals surface area contributed by atoms with E-state index in [1.165, 1.54) is 25.4 Å². The van der Waals surface area contributed by atoms with Crippen molar-refractivity contribution in [2.24, 2.45) is 0 Å². The summed E-state index contributed by atoms with van der Waals surface area (Å²) in [5, 5.41) is 2.73. The Hall–Kier alpha value is -3.91. The Kier molecular flexibility index (Phi) is 9.20. The third-order valence-electron chi connectivity index (χ3n) is 5.18. The zero-order valence-corrected chi connectivity index (χ0v) is 20.3. The normalized spacial score (nSPS) is 12.3. The first-order valence-corrected chi connectivity index (χ1v) is 11.2. The second-order valence-corrected chi connectivity index (χ2v) is 8.08. The molecule has 1 amide bonds. The smallest absolute Gasteiger partial charge is 0.339 e. The lowest BCUT2D eigenvalue weighted by Gasteiger charge is -2.18. The Morgan fingerprint density at radius 1 is 0.914 bits per heavy atom. The highest BCUT2D eigenvalue weighted by atomic mass is 16.5. The average Bonchev–Trinajstić information content (AvgIpc) is 2.87. The van der Waals surface area contributed by atoms with Crippen LogP contribution in [0.4, 0.5) is 5.82 Å². The number of ether oxygens (including phenoxy) is 4.